The van der Waals surface area contributed by atoms with E-state index in [1.54, 1.807) is 35.6 Å². The summed E-state index contributed by atoms with van der Waals surface area (Å²) < 4.78 is 2.00. The van der Waals surface area contributed by atoms with Gasteiger partial charge in [-0.15, -0.1) is 21.5 Å². The van der Waals surface area contributed by atoms with Crippen LogP contribution in [0.2, 0.25) is 0 Å². The zero-order valence-corrected chi connectivity index (χ0v) is 18.9. The van der Waals surface area contributed by atoms with Crippen molar-refractivity contribution < 1.29 is 9.59 Å². The Bertz CT molecular complexity index is 1210. The summed E-state index contributed by atoms with van der Waals surface area (Å²) in [6.45, 7) is 1.82. The molecule has 32 heavy (non-hydrogen) atoms. The van der Waals surface area contributed by atoms with Crippen LogP contribution in [0.15, 0.2) is 77.3 Å². The number of thiophene rings is 1. The maximum absolute atomic E-state index is 12.8. The molecule has 0 bridgehead atoms. The number of para-hydroxylation sites is 1. The molecule has 2 amide bonds. The zero-order valence-electron chi connectivity index (χ0n) is 17.3. The van der Waals surface area contributed by atoms with Gasteiger partial charge in [-0.2, -0.15) is 0 Å². The van der Waals surface area contributed by atoms with E-state index in [0.717, 1.165) is 11.5 Å². The Morgan fingerprint density at radius 2 is 1.81 bits per heavy atom. The number of amides is 2. The van der Waals surface area contributed by atoms with Gasteiger partial charge in [-0.1, -0.05) is 36.0 Å². The van der Waals surface area contributed by atoms with E-state index in [1.165, 1.54) is 16.6 Å². The fourth-order valence-electron chi connectivity index (χ4n) is 3.07. The number of nitrogens with one attached hydrogen (secondary N) is 1. The molecule has 3 N–H and O–H groups in total. The third kappa shape index (κ3) is 5.06. The van der Waals surface area contributed by atoms with Crippen molar-refractivity contribution in [3.63, 3.8) is 0 Å². The maximum atomic E-state index is 12.8. The fourth-order valence-corrected chi connectivity index (χ4v) is 4.66. The number of aromatic nitrogens is 3. The van der Waals surface area contributed by atoms with Crippen LogP contribution in [-0.2, 0) is 11.2 Å². The van der Waals surface area contributed by atoms with Gasteiger partial charge in [-0.25, -0.2) is 0 Å². The lowest BCUT2D eigenvalue weighted by Gasteiger charge is -2.14. The van der Waals surface area contributed by atoms with Crippen LogP contribution in [0.1, 0.15) is 28.0 Å². The van der Waals surface area contributed by atoms with Crippen molar-refractivity contribution in [1.29, 1.82) is 0 Å². The summed E-state index contributed by atoms with van der Waals surface area (Å²) in [5.41, 5.74) is 7.19. The van der Waals surface area contributed by atoms with Crippen LogP contribution < -0.4 is 11.1 Å². The first-order valence-electron chi connectivity index (χ1n) is 9.91. The average molecular weight is 464 g/mol. The first kappa shape index (κ1) is 21.8. The van der Waals surface area contributed by atoms with Crippen molar-refractivity contribution >= 4 is 40.6 Å². The van der Waals surface area contributed by atoms with Crippen molar-refractivity contribution in [2.24, 2.45) is 5.73 Å². The van der Waals surface area contributed by atoms with Crippen LogP contribution in [0, 0.1) is 0 Å². The number of hydrogen-bond acceptors (Lipinski definition) is 6. The van der Waals surface area contributed by atoms with Gasteiger partial charge < -0.3 is 11.1 Å². The minimum absolute atomic E-state index is 0.177. The zero-order chi connectivity index (χ0) is 22.5. The maximum Gasteiger partial charge on any atom is 0.248 e. The van der Waals surface area contributed by atoms with Crippen LogP contribution in [0.5, 0.6) is 0 Å². The van der Waals surface area contributed by atoms with E-state index in [2.05, 4.69) is 21.6 Å². The normalized spacial score (nSPS) is 11.8. The Morgan fingerprint density at radius 1 is 1.06 bits per heavy atom. The molecule has 7 nitrogen and oxygen atoms in total. The van der Waals surface area contributed by atoms with E-state index >= 15 is 0 Å². The van der Waals surface area contributed by atoms with E-state index in [0.29, 0.717) is 22.8 Å². The van der Waals surface area contributed by atoms with E-state index in [4.69, 9.17) is 5.73 Å². The molecule has 1 atom stereocenters. The highest BCUT2D eigenvalue weighted by Crippen LogP contribution is 2.28. The Kier molecular flexibility index (Phi) is 6.67. The molecule has 0 aliphatic rings. The number of rotatable bonds is 8. The highest BCUT2D eigenvalue weighted by Gasteiger charge is 2.21. The van der Waals surface area contributed by atoms with Gasteiger partial charge in [-0.3, -0.25) is 14.2 Å². The van der Waals surface area contributed by atoms with E-state index in [1.807, 2.05) is 53.3 Å². The highest BCUT2D eigenvalue weighted by atomic mass is 32.2. The standard InChI is InChI=1S/C23H21N5O2S2/c1-15(22(30)25-17-11-9-16(10-12-17)21(24)29)32-23-27-26-20(14-19-8-5-13-31-19)28(23)18-6-3-2-4-7-18/h2-13,15H,14H2,1H3,(H2,24,29)(H,25,30). The highest BCUT2D eigenvalue weighted by molar-refractivity contribution is 8.00. The van der Waals surface area contributed by atoms with Crippen LogP contribution in [0.25, 0.3) is 5.69 Å². The molecule has 1 unspecified atom stereocenters. The van der Waals surface area contributed by atoms with Crippen LogP contribution >= 0.6 is 23.1 Å². The number of primary amides is 1. The molecule has 0 radical (unpaired) electrons. The summed E-state index contributed by atoms with van der Waals surface area (Å²) in [4.78, 5) is 25.2. The molecule has 0 aliphatic heterocycles. The number of nitrogens with two attached hydrogens (primary N) is 1. The van der Waals surface area contributed by atoms with Crippen LogP contribution in [0.3, 0.4) is 0 Å². The van der Waals surface area contributed by atoms with Crippen molar-refractivity contribution in [2.45, 2.75) is 23.8 Å². The Hall–Kier alpha value is -3.43. The molecule has 2 heterocycles. The third-order valence-electron chi connectivity index (χ3n) is 4.72. The van der Waals surface area contributed by atoms with Gasteiger partial charge in [0.15, 0.2) is 5.16 Å². The number of benzene rings is 2. The van der Waals surface area contributed by atoms with Crippen LogP contribution in [-0.4, -0.2) is 31.8 Å². The van der Waals surface area contributed by atoms with Gasteiger partial charge >= 0.3 is 0 Å². The second kappa shape index (κ2) is 9.80. The van der Waals surface area contributed by atoms with Gasteiger partial charge in [0.2, 0.25) is 11.8 Å². The number of thioether (sulfide) groups is 1. The number of nitrogens with zero attached hydrogens (tertiary/aromatic N) is 3. The first-order chi connectivity index (χ1) is 15.5. The summed E-state index contributed by atoms with van der Waals surface area (Å²) in [6.07, 6.45) is 0.660. The molecule has 0 fully saturated rings. The minimum atomic E-state index is -0.509. The number of carbonyl (C=O) groups is 2. The number of anilines is 1. The molecule has 0 saturated heterocycles. The molecule has 2 aromatic heterocycles. The second-order valence-corrected chi connectivity index (χ2v) is 9.36. The monoisotopic (exact) mass is 463 g/mol. The van der Waals surface area contributed by atoms with E-state index in [-0.39, 0.29) is 5.91 Å². The SMILES string of the molecule is CC(Sc1nnc(Cc2cccs2)n1-c1ccccc1)C(=O)Nc1ccc(C(N)=O)cc1. The summed E-state index contributed by atoms with van der Waals surface area (Å²) in [5, 5.41) is 13.9. The van der Waals surface area contributed by atoms with Crippen molar-refractivity contribution in [3.8, 4) is 5.69 Å². The average Bonchev–Trinajstić information content (AvgIpc) is 3.45. The van der Waals surface area contributed by atoms with Gasteiger partial charge in [0.05, 0.1) is 5.25 Å². The molecular weight excluding hydrogens is 442 g/mol. The molecule has 9 heteroatoms. The smallest absolute Gasteiger partial charge is 0.248 e. The Balaban J connectivity index is 1.53. The summed E-state index contributed by atoms with van der Waals surface area (Å²) in [6, 6.07) is 20.4. The van der Waals surface area contributed by atoms with Gasteiger partial charge in [0.1, 0.15) is 5.82 Å². The van der Waals surface area contributed by atoms with Gasteiger partial charge in [-0.05, 0) is 54.8 Å². The molecule has 2 aromatic carbocycles. The summed E-state index contributed by atoms with van der Waals surface area (Å²) >= 11 is 3.01. The predicted molar refractivity (Wildman–Crippen MR) is 127 cm³/mol. The van der Waals surface area contributed by atoms with Crippen LogP contribution in [0.4, 0.5) is 5.69 Å². The van der Waals surface area contributed by atoms with Gasteiger partial charge in [0.25, 0.3) is 0 Å². The second-order valence-electron chi connectivity index (χ2n) is 7.02. The topological polar surface area (TPSA) is 103 Å². The quantitative estimate of drug-likeness (QED) is 0.382. The van der Waals surface area contributed by atoms with Crippen molar-refractivity contribution in [3.05, 3.63) is 88.4 Å². The Morgan fingerprint density at radius 3 is 2.47 bits per heavy atom. The van der Waals surface area contributed by atoms with Crippen molar-refractivity contribution in [2.75, 3.05) is 5.32 Å². The molecule has 0 saturated carbocycles. The van der Waals surface area contributed by atoms with Gasteiger partial charge in [0, 0.05) is 28.2 Å². The summed E-state index contributed by atoms with van der Waals surface area (Å²) in [7, 11) is 0. The lowest BCUT2D eigenvalue weighted by Crippen LogP contribution is -2.23. The number of carbonyl (C=O) groups excluding carboxylic acids is 2. The van der Waals surface area contributed by atoms with E-state index < -0.39 is 11.2 Å². The molecule has 0 spiro atoms. The first-order valence-corrected chi connectivity index (χ1v) is 11.7. The minimum Gasteiger partial charge on any atom is -0.366 e. The third-order valence-corrected chi connectivity index (χ3v) is 6.63. The molecular formula is C23H21N5O2S2. The predicted octanol–water partition coefficient (Wildman–Crippen LogP) is 4.14. The van der Waals surface area contributed by atoms with Crippen molar-refractivity contribution in [1.82, 2.24) is 14.8 Å². The molecule has 4 rings (SSSR count). The lowest BCUT2D eigenvalue weighted by molar-refractivity contribution is -0.115. The molecule has 0 aliphatic carbocycles. The largest absolute Gasteiger partial charge is 0.366 e. The van der Waals surface area contributed by atoms with E-state index in [9.17, 15) is 9.59 Å². The molecule has 4 aromatic rings. The lowest BCUT2D eigenvalue weighted by atomic mass is 10.2. The fraction of sp³-hybridized carbons (Fsp3) is 0.130. The Labute approximate surface area is 193 Å². The number of hydrogen-bond donors (Lipinski definition) is 2. The molecule has 162 valence electrons. The summed E-state index contributed by atoms with van der Waals surface area (Å²) in [5.74, 6) is 0.130.